The maximum atomic E-state index is 10.2. The minimum atomic E-state index is -0.567. The molecule has 0 aromatic heterocycles. The van der Waals surface area contributed by atoms with E-state index in [1.807, 2.05) is 24.3 Å². The van der Waals surface area contributed by atoms with Crippen LogP contribution in [0.4, 0.5) is 0 Å². The summed E-state index contributed by atoms with van der Waals surface area (Å²) in [6.07, 6.45) is -0.223. The predicted molar refractivity (Wildman–Crippen MR) is 75.8 cm³/mol. The van der Waals surface area contributed by atoms with Crippen molar-refractivity contribution in [3.8, 4) is 5.75 Å². The molecule has 1 N–H and O–H groups in total. The van der Waals surface area contributed by atoms with Gasteiger partial charge in [-0.25, -0.2) is 0 Å². The van der Waals surface area contributed by atoms with Gasteiger partial charge in [0.1, 0.15) is 11.9 Å². The van der Waals surface area contributed by atoms with Gasteiger partial charge in [-0.3, -0.25) is 0 Å². The molecule has 0 bridgehead atoms. The number of benzene rings is 2. The second kappa shape index (κ2) is 5.04. The molecule has 1 aliphatic heterocycles. The van der Waals surface area contributed by atoms with Crippen LogP contribution < -0.4 is 4.74 Å². The molecular weight excluding hydrogens is 283 g/mol. The Kier molecular flexibility index (Phi) is 3.40. The van der Waals surface area contributed by atoms with Gasteiger partial charge in [-0.15, -0.1) is 0 Å². The van der Waals surface area contributed by atoms with Gasteiger partial charge >= 0.3 is 0 Å². The van der Waals surface area contributed by atoms with Gasteiger partial charge in [0.15, 0.2) is 0 Å². The summed E-state index contributed by atoms with van der Waals surface area (Å²) in [4.78, 5) is 0. The summed E-state index contributed by atoms with van der Waals surface area (Å²) in [6.45, 7) is 0. The molecule has 0 saturated carbocycles. The van der Waals surface area contributed by atoms with Crippen molar-refractivity contribution in [2.75, 3.05) is 0 Å². The number of ether oxygens (including phenoxy) is 1. The fourth-order valence-corrected chi connectivity index (χ4v) is 2.61. The van der Waals surface area contributed by atoms with Crippen LogP contribution in [0.3, 0.4) is 0 Å². The zero-order valence-corrected chi connectivity index (χ0v) is 11.5. The van der Waals surface area contributed by atoms with Crippen LogP contribution in [0.15, 0.2) is 42.5 Å². The smallest absolute Gasteiger partial charge is 0.127 e. The Balaban J connectivity index is 1.92. The largest absolute Gasteiger partial charge is 0.485 e. The third-order valence-electron chi connectivity index (χ3n) is 3.28. The maximum Gasteiger partial charge on any atom is 0.127 e. The van der Waals surface area contributed by atoms with Gasteiger partial charge in [0, 0.05) is 22.0 Å². The van der Waals surface area contributed by atoms with E-state index in [9.17, 15) is 5.11 Å². The lowest BCUT2D eigenvalue weighted by molar-refractivity contribution is 0.0657. The van der Waals surface area contributed by atoms with E-state index in [2.05, 4.69) is 0 Å². The standard InChI is InChI=1S/C15H12Cl2O2/c16-10-3-1-9(2-4-10)15-8-13(18)12-7-11(17)5-6-14(12)19-15/h1-7,13,15,18H,8H2/t13-,15-/m1/s1. The third-order valence-corrected chi connectivity index (χ3v) is 3.77. The molecule has 98 valence electrons. The number of fused-ring (bicyclic) bond motifs is 1. The van der Waals surface area contributed by atoms with E-state index >= 15 is 0 Å². The van der Waals surface area contributed by atoms with E-state index < -0.39 is 6.10 Å². The minimum absolute atomic E-state index is 0.166. The van der Waals surface area contributed by atoms with Crippen molar-refractivity contribution in [3.63, 3.8) is 0 Å². The molecule has 2 aromatic rings. The molecule has 0 amide bonds. The first-order valence-electron chi connectivity index (χ1n) is 6.03. The van der Waals surface area contributed by atoms with E-state index in [1.165, 1.54) is 0 Å². The lowest BCUT2D eigenvalue weighted by Crippen LogP contribution is -2.18. The van der Waals surface area contributed by atoms with Gasteiger partial charge in [0.25, 0.3) is 0 Å². The van der Waals surface area contributed by atoms with E-state index in [1.54, 1.807) is 18.2 Å². The first-order chi connectivity index (χ1) is 9.13. The number of hydrogen-bond acceptors (Lipinski definition) is 2. The lowest BCUT2D eigenvalue weighted by Gasteiger charge is -2.30. The summed E-state index contributed by atoms with van der Waals surface area (Å²) in [6, 6.07) is 12.8. The second-order valence-corrected chi connectivity index (χ2v) is 5.46. The molecule has 2 aromatic carbocycles. The van der Waals surface area contributed by atoms with Crippen LogP contribution in [0, 0.1) is 0 Å². The molecule has 0 fully saturated rings. The summed E-state index contributed by atoms with van der Waals surface area (Å²) < 4.78 is 5.92. The highest BCUT2D eigenvalue weighted by Crippen LogP contribution is 2.41. The average Bonchev–Trinajstić information content (AvgIpc) is 2.40. The maximum absolute atomic E-state index is 10.2. The molecule has 2 atom stereocenters. The number of halogens is 2. The molecule has 0 unspecified atom stereocenters. The molecule has 4 heteroatoms. The van der Waals surface area contributed by atoms with E-state index in [0.29, 0.717) is 22.2 Å². The van der Waals surface area contributed by atoms with Gasteiger partial charge in [-0.2, -0.15) is 0 Å². The number of rotatable bonds is 1. The number of aliphatic hydroxyl groups is 1. The molecule has 0 aliphatic carbocycles. The Hall–Kier alpha value is -1.22. The lowest BCUT2D eigenvalue weighted by atomic mass is 9.95. The molecule has 1 aliphatic rings. The highest BCUT2D eigenvalue weighted by Gasteiger charge is 2.28. The molecule has 1 heterocycles. The third kappa shape index (κ3) is 2.57. The summed E-state index contributed by atoms with van der Waals surface area (Å²) in [7, 11) is 0. The Morgan fingerprint density at radius 2 is 1.68 bits per heavy atom. The minimum Gasteiger partial charge on any atom is -0.485 e. The summed E-state index contributed by atoms with van der Waals surface area (Å²) >= 11 is 11.8. The highest BCUT2D eigenvalue weighted by molar-refractivity contribution is 6.30. The Bertz CT molecular complexity index is 596. The normalized spacial score (nSPS) is 21.6. The average molecular weight is 295 g/mol. The SMILES string of the molecule is O[C@@H]1C[C@H](c2ccc(Cl)cc2)Oc2ccc(Cl)cc21. The highest BCUT2D eigenvalue weighted by atomic mass is 35.5. The van der Waals surface area contributed by atoms with Crippen LogP contribution in [0.1, 0.15) is 29.8 Å². The van der Waals surface area contributed by atoms with Crippen LogP contribution in [0.25, 0.3) is 0 Å². The van der Waals surface area contributed by atoms with Crippen molar-refractivity contribution in [1.82, 2.24) is 0 Å². The van der Waals surface area contributed by atoms with E-state index in [-0.39, 0.29) is 6.10 Å². The van der Waals surface area contributed by atoms with Gasteiger partial charge in [0.05, 0.1) is 6.10 Å². The molecule has 0 radical (unpaired) electrons. The quantitative estimate of drug-likeness (QED) is 0.836. The zero-order chi connectivity index (χ0) is 13.4. The number of aliphatic hydroxyl groups excluding tert-OH is 1. The molecule has 0 spiro atoms. The molecule has 3 rings (SSSR count). The van der Waals surface area contributed by atoms with Crippen molar-refractivity contribution in [1.29, 1.82) is 0 Å². The molecule has 2 nitrogen and oxygen atoms in total. The zero-order valence-electron chi connectivity index (χ0n) is 10.0. The van der Waals surface area contributed by atoms with E-state index in [4.69, 9.17) is 27.9 Å². The van der Waals surface area contributed by atoms with Crippen molar-refractivity contribution in [3.05, 3.63) is 63.6 Å². The fraction of sp³-hybridized carbons (Fsp3) is 0.200. The summed E-state index contributed by atoms with van der Waals surface area (Å²) in [5, 5.41) is 11.5. The van der Waals surface area contributed by atoms with Crippen molar-refractivity contribution < 1.29 is 9.84 Å². The summed E-state index contributed by atoms with van der Waals surface area (Å²) in [5.74, 6) is 0.683. The monoisotopic (exact) mass is 294 g/mol. The Morgan fingerprint density at radius 1 is 1.00 bits per heavy atom. The van der Waals surface area contributed by atoms with Crippen LogP contribution in [-0.2, 0) is 0 Å². The van der Waals surface area contributed by atoms with E-state index in [0.717, 1.165) is 11.1 Å². The first kappa shape index (κ1) is 12.8. The second-order valence-electron chi connectivity index (χ2n) is 4.59. The Labute approximate surface area is 121 Å². The van der Waals surface area contributed by atoms with Gasteiger partial charge in [-0.1, -0.05) is 35.3 Å². The Morgan fingerprint density at radius 3 is 2.42 bits per heavy atom. The predicted octanol–water partition coefficient (Wildman–Crippen LogP) is 4.55. The first-order valence-corrected chi connectivity index (χ1v) is 6.79. The summed E-state index contributed by atoms with van der Waals surface area (Å²) in [5.41, 5.74) is 1.75. The molecule has 19 heavy (non-hydrogen) atoms. The van der Waals surface area contributed by atoms with Crippen molar-refractivity contribution in [2.24, 2.45) is 0 Å². The molecule has 0 saturated heterocycles. The van der Waals surface area contributed by atoms with Crippen LogP contribution in [0.5, 0.6) is 5.75 Å². The van der Waals surface area contributed by atoms with Gasteiger partial charge < -0.3 is 9.84 Å². The fourth-order valence-electron chi connectivity index (χ4n) is 2.30. The van der Waals surface area contributed by atoms with Gasteiger partial charge in [0.2, 0.25) is 0 Å². The van der Waals surface area contributed by atoms with Crippen molar-refractivity contribution in [2.45, 2.75) is 18.6 Å². The van der Waals surface area contributed by atoms with Crippen LogP contribution in [-0.4, -0.2) is 5.11 Å². The topological polar surface area (TPSA) is 29.5 Å². The number of hydrogen-bond donors (Lipinski definition) is 1. The van der Waals surface area contributed by atoms with Crippen LogP contribution in [0.2, 0.25) is 10.0 Å². The van der Waals surface area contributed by atoms with Gasteiger partial charge in [-0.05, 0) is 35.9 Å². The molecular formula is C15H12Cl2O2. The van der Waals surface area contributed by atoms with Crippen molar-refractivity contribution >= 4 is 23.2 Å². The van der Waals surface area contributed by atoms with Crippen LogP contribution >= 0.6 is 23.2 Å².